The lowest BCUT2D eigenvalue weighted by molar-refractivity contribution is 0.311. The number of benzene rings is 2. The van der Waals surface area contributed by atoms with Gasteiger partial charge in [-0.1, -0.05) is 6.07 Å². The highest BCUT2D eigenvalue weighted by Gasteiger charge is 2.09. The molecule has 1 aromatic heterocycles. The Morgan fingerprint density at radius 2 is 1.90 bits per heavy atom. The fourth-order valence-electron chi connectivity index (χ4n) is 2.51. The predicted molar refractivity (Wildman–Crippen MR) is 86.5 cm³/mol. The number of aliphatic hydroxyl groups excluding tert-OH is 1. The molecule has 0 amide bonds. The van der Waals surface area contributed by atoms with Gasteiger partial charge in [-0.05, 0) is 48.9 Å². The summed E-state index contributed by atoms with van der Waals surface area (Å²) in [6.07, 6.45) is 0. The molecule has 4 heteroatoms. The van der Waals surface area contributed by atoms with Gasteiger partial charge in [0.05, 0.1) is 17.6 Å². The van der Waals surface area contributed by atoms with Crippen LogP contribution in [0.15, 0.2) is 42.5 Å². The van der Waals surface area contributed by atoms with Crippen LogP contribution >= 0.6 is 0 Å². The maximum atomic E-state index is 8.82. The molecule has 108 valence electrons. The van der Waals surface area contributed by atoms with Crippen molar-refractivity contribution in [2.75, 3.05) is 18.5 Å². The Hall–Kier alpha value is -2.33. The molecule has 1 heterocycles. The topological polar surface area (TPSA) is 50.1 Å². The summed E-state index contributed by atoms with van der Waals surface area (Å²) in [6.45, 7) is 2.77. The van der Waals surface area contributed by atoms with Gasteiger partial charge < -0.3 is 15.0 Å². The largest absolute Gasteiger partial charge is 0.395 e. The minimum Gasteiger partial charge on any atom is -0.395 e. The van der Waals surface area contributed by atoms with Gasteiger partial charge in [0.2, 0.25) is 0 Å². The van der Waals surface area contributed by atoms with Gasteiger partial charge in [-0.2, -0.15) is 0 Å². The first-order chi connectivity index (χ1) is 10.2. The second-order valence-electron chi connectivity index (χ2n) is 5.21. The van der Waals surface area contributed by atoms with E-state index in [9.17, 15) is 0 Å². The monoisotopic (exact) mass is 281 g/mol. The fraction of sp³-hybridized carbons (Fsp3) is 0.235. The zero-order chi connectivity index (χ0) is 14.8. The maximum Gasteiger partial charge on any atom is 0.140 e. The van der Waals surface area contributed by atoms with Gasteiger partial charge in [0.25, 0.3) is 0 Å². The highest BCUT2D eigenvalue weighted by atomic mass is 16.3. The molecule has 3 rings (SSSR count). The third-order valence-electron chi connectivity index (χ3n) is 3.62. The van der Waals surface area contributed by atoms with Crippen molar-refractivity contribution in [1.82, 2.24) is 9.55 Å². The first kappa shape index (κ1) is 13.6. The predicted octanol–water partition coefficient (Wildman–Crippen LogP) is 2.95. The quantitative estimate of drug-likeness (QED) is 0.773. The zero-order valence-corrected chi connectivity index (χ0v) is 12.3. The Labute approximate surface area is 124 Å². The summed E-state index contributed by atoms with van der Waals surface area (Å²) in [5, 5.41) is 12.0. The van der Waals surface area contributed by atoms with E-state index in [4.69, 9.17) is 10.1 Å². The molecule has 0 saturated heterocycles. The standard InChI is InChI=1S/C17H19N3O/c1-12-3-8-16-15(11-12)19-17(20(16)2)13-4-6-14(7-5-13)18-9-10-21/h3-8,11,18,21H,9-10H2,1-2H3. The summed E-state index contributed by atoms with van der Waals surface area (Å²) >= 11 is 0. The van der Waals surface area contributed by atoms with Crippen molar-refractivity contribution in [3.05, 3.63) is 48.0 Å². The summed E-state index contributed by atoms with van der Waals surface area (Å²) in [7, 11) is 2.04. The van der Waals surface area contributed by atoms with Gasteiger partial charge in [-0.15, -0.1) is 0 Å². The van der Waals surface area contributed by atoms with E-state index < -0.39 is 0 Å². The number of imidazole rings is 1. The lowest BCUT2D eigenvalue weighted by atomic mass is 10.2. The van der Waals surface area contributed by atoms with Crippen molar-refractivity contribution in [1.29, 1.82) is 0 Å². The Bertz CT molecular complexity index is 760. The molecular formula is C17H19N3O. The van der Waals surface area contributed by atoms with Crippen LogP contribution in [0.4, 0.5) is 5.69 Å². The van der Waals surface area contributed by atoms with Crippen molar-refractivity contribution >= 4 is 16.7 Å². The normalized spacial score (nSPS) is 11.0. The number of fused-ring (bicyclic) bond motifs is 1. The molecule has 0 aliphatic carbocycles. The van der Waals surface area contributed by atoms with Crippen LogP contribution in [0.2, 0.25) is 0 Å². The van der Waals surface area contributed by atoms with Crippen LogP contribution in [0.25, 0.3) is 22.4 Å². The van der Waals surface area contributed by atoms with Crippen molar-refractivity contribution in [3.63, 3.8) is 0 Å². The Morgan fingerprint density at radius 3 is 2.62 bits per heavy atom. The maximum absolute atomic E-state index is 8.82. The number of aliphatic hydroxyl groups is 1. The number of rotatable bonds is 4. The van der Waals surface area contributed by atoms with E-state index in [0.29, 0.717) is 6.54 Å². The Kier molecular flexibility index (Phi) is 3.62. The molecule has 21 heavy (non-hydrogen) atoms. The van der Waals surface area contributed by atoms with E-state index in [2.05, 4.69) is 35.0 Å². The highest BCUT2D eigenvalue weighted by Crippen LogP contribution is 2.25. The number of anilines is 1. The van der Waals surface area contributed by atoms with Crippen LogP contribution < -0.4 is 5.32 Å². The lowest BCUT2D eigenvalue weighted by Gasteiger charge is -2.06. The van der Waals surface area contributed by atoms with E-state index in [-0.39, 0.29) is 6.61 Å². The molecule has 0 radical (unpaired) electrons. The summed E-state index contributed by atoms with van der Waals surface area (Å²) in [5.74, 6) is 0.962. The molecular weight excluding hydrogens is 262 g/mol. The number of aromatic nitrogens is 2. The second-order valence-corrected chi connectivity index (χ2v) is 5.21. The molecule has 0 spiro atoms. The average molecular weight is 281 g/mol. The van der Waals surface area contributed by atoms with Gasteiger partial charge in [0.15, 0.2) is 0 Å². The highest BCUT2D eigenvalue weighted by molar-refractivity contribution is 5.81. The van der Waals surface area contributed by atoms with E-state index in [1.54, 1.807) is 0 Å². The third kappa shape index (κ3) is 2.62. The van der Waals surface area contributed by atoms with Gasteiger partial charge in [0, 0.05) is 24.8 Å². The molecule has 0 unspecified atom stereocenters. The minimum absolute atomic E-state index is 0.131. The van der Waals surface area contributed by atoms with Crippen molar-refractivity contribution < 1.29 is 5.11 Å². The summed E-state index contributed by atoms with van der Waals surface area (Å²) in [4.78, 5) is 4.74. The van der Waals surface area contributed by atoms with E-state index in [0.717, 1.165) is 28.1 Å². The van der Waals surface area contributed by atoms with Crippen LogP contribution in [0, 0.1) is 6.92 Å². The molecule has 0 bridgehead atoms. The van der Waals surface area contributed by atoms with Gasteiger partial charge in [-0.25, -0.2) is 4.98 Å². The lowest BCUT2D eigenvalue weighted by Crippen LogP contribution is -2.05. The zero-order valence-electron chi connectivity index (χ0n) is 12.3. The number of nitrogens with zero attached hydrogens (tertiary/aromatic N) is 2. The number of aryl methyl sites for hydroxylation is 2. The first-order valence-electron chi connectivity index (χ1n) is 7.07. The number of nitrogens with one attached hydrogen (secondary N) is 1. The van der Waals surface area contributed by atoms with Crippen LogP contribution in [-0.2, 0) is 7.05 Å². The Morgan fingerprint density at radius 1 is 1.14 bits per heavy atom. The van der Waals surface area contributed by atoms with Crippen molar-refractivity contribution in [2.24, 2.45) is 7.05 Å². The first-order valence-corrected chi connectivity index (χ1v) is 7.07. The van der Waals surface area contributed by atoms with Crippen molar-refractivity contribution in [3.8, 4) is 11.4 Å². The molecule has 4 nitrogen and oxygen atoms in total. The number of hydrogen-bond donors (Lipinski definition) is 2. The molecule has 0 aliphatic heterocycles. The molecule has 0 aliphatic rings. The minimum atomic E-state index is 0.131. The SMILES string of the molecule is Cc1ccc2c(c1)nc(-c1ccc(NCCO)cc1)n2C. The van der Waals surface area contributed by atoms with Gasteiger partial charge >= 0.3 is 0 Å². The van der Waals surface area contributed by atoms with E-state index >= 15 is 0 Å². The summed E-state index contributed by atoms with van der Waals surface area (Å²) < 4.78 is 2.12. The molecule has 0 atom stereocenters. The average Bonchev–Trinajstić information content (AvgIpc) is 2.82. The molecule has 0 saturated carbocycles. The van der Waals surface area contributed by atoms with Crippen LogP contribution in [0.5, 0.6) is 0 Å². The Balaban J connectivity index is 1.98. The van der Waals surface area contributed by atoms with E-state index in [1.807, 2.05) is 31.3 Å². The molecule has 2 aromatic carbocycles. The fourth-order valence-corrected chi connectivity index (χ4v) is 2.51. The summed E-state index contributed by atoms with van der Waals surface area (Å²) in [5.41, 5.74) is 5.46. The third-order valence-corrected chi connectivity index (χ3v) is 3.62. The smallest absolute Gasteiger partial charge is 0.140 e. The van der Waals surface area contributed by atoms with Crippen LogP contribution in [0.1, 0.15) is 5.56 Å². The number of hydrogen-bond acceptors (Lipinski definition) is 3. The molecule has 3 aromatic rings. The molecule has 0 fully saturated rings. The van der Waals surface area contributed by atoms with E-state index in [1.165, 1.54) is 5.56 Å². The van der Waals surface area contributed by atoms with Gasteiger partial charge in [-0.3, -0.25) is 0 Å². The van der Waals surface area contributed by atoms with Crippen LogP contribution in [-0.4, -0.2) is 27.8 Å². The second kappa shape index (κ2) is 5.58. The molecule has 2 N–H and O–H groups in total. The van der Waals surface area contributed by atoms with Crippen molar-refractivity contribution in [2.45, 2.75) is 6.92 Å². The van der Waals surface area contributed by atoms with Gasteiger partial charge in [0.1, 0.15) is 5.82 Å². The van der Waals surface area contributed by atoms with Crippen LogP contribution in [0.3, 0.4) is 0 Å². The summed E-state index contributed by atoms with van der Waals surface area (Å²) in [6, 6.07) is 14.4.